The summed E-state index contributed by atoms with van der Waals surface area (Å²) in [5, 5.41) is 6.63. The molecule has 0 amide bonds. The lowest BCUT2D eigenvalue weighted by molar-refractivity contribution is 0.147. The summed E-state index contributed by atoms with van der Waals surface area (Å²) in [5.74, 6) is 1.37. The lowest BCUT2D eigenvalue weighted by atomic mass is 10.0. The van der Waals surface area contributed by atoms with Crippen molar-refractivity contribution in [1.82, 2.24) is 15.5 Å². The Kier molecular flexibility index (Phi) is 8.97. The molecule has 2 unspecified atom stereocenters. The number of guanidine groups is 1. The molecule has 1 aromatic rings. The van der Waals surface area contributed by atoms with Crippen LogP contribution in [0.2, 0.25) is 0 Å². The summed E-state index contributed by atoms with van der Waals surface area (Å²) >= 11 is 0. The van der Waals surface area contributed by atoms with Crippen molar-refractivity contribution in [2.75, 3.05) is 39.0 Å². The van der Waals surface area contributed by atoms with Crippen molar-refractivity contribution in [3.8, 4) is 0 Å². The van der Waals surface area contributed by atoms with E-state index in [9.17, 15) is 4.21 Å². The Bertz CT molecular complexity index is 550. The predicted molar refractivity (Wildman–Crippen MR) is 107 cm³/mol. The second kappa shape index (κ2) is 11.3. The van der Waals surface area contributed by atoms with E-state index in [1.54, 1.807) is 7.05 Å². The van der Waals surface area contributed by atoms with Crippen molar-refractivity contribution >= 4 is 16.8 Å². The average molecular weight is 365 g/mol. The standard InChI is InChI=1S/C19H32N4OS/c1-3-17-9-7-8-14-23(17)15-12-21-19(20-2)22-13-16-25(24)18-10-5-4-6-11-18/h4-6,10-11,17H,3,7-9,12-16H2,1-2H3,(H2,20,21,22). The van der Waals surface area contributed by atoms with Gasteiger partial charge in [-0.1, -0.05) is 31.5 Å². The van der Waals surface area contributed by atoms with Gasteiger partial charge < -0.3 is 10.6 Å². The van der Waals surface area contributed by atoms with E-state index >= 15 is 0 Å². The SMILES string of the molecule is CCC1CCCCN1CCNC(=NC)NCCS(=O)c1ccccc1. The Morgan fingerprint density at radius 2 is 2.00 bits per heavy atom. The highest BCUT2D eigenvalue weighted by Gasteiger charge is 2.19. The van der Waals surface area contributed by atoms with E-state index < -0.39 is 10.8 Å². The second-order valence-electron chi connectivity index (χ2n) is 6.38. The second-order valence-corrected chi connectivity index (χ2v) is 7.95. The van der Waals surface area contributed by atoms with Gasteiger partial charge in [-0.3, -0.25) is 14.1 Å². The van der Waals surface area contributed by atoms with E-state index in [2.05, 4.69) is 27.4 Å². The Morgan fingerprint density at radius 1 is 1.24 bits per heavy atom. The molecule has 1 aliphatic heterocycles. The van der Waals surface area contributed by atoms with E-state index in [-0.39, 0.29) is 0 Å². The number of hydrogen-bond donors (Lipinski definition) is 2. The topological polar surface area (TPSA) is 56.7 Å². The van der Waals surface area contributed by atoms with Crippen LogP contribution in [0.1, 0.15) is 32.6 Å². The molecule has 1 aromatic carbocycles. The molecule has 140 valence electrons. The van der Waals surface area contributed by atoms with Crippen LogP contribution in [0.15, 0.2) is 40.2 Å². The Labute approximate surface area is 154 Å². The first-order chi connectivity index (χ1) is 12.2. The van der Waals surface area contributed by atoms with Gasteiger partial charge in [-0.25, -0.2) is 0 Å². The van der Waals surface area contributed by atoms with E-state index in [4.69, 9.17) is 0 Å². The molecule has 2 N–H and O–H groups in total. The molecule has 6 heteroatoms. The van der Waals surface area contributed by atoms with Gasteiger partial charge in [0.2, 0.25) is 0 Å². The van der Waals surface area contributed by atoms with Gasteiger partial charge in [0, 0.05) is 43.4 Å². The van der Waals surface area contributed by atoms with Gasteiger partial charge in [-0.2, -0.15) is 0 Å². The molecule has 0 aromatic heterocycles. The maximum Gasteiger partial charge on any atom is 0.191 e. The lowest BCUT2D eigenvalue weighted by Crippen LogP contribution is -2.46. The van der Waals surface area contributed by atoms with Gasteiger partial charge in [-0.15, -0.1) is 0 Å². The highest BCUT2D eigenvalue weighted by atomic mass is 32.2. The molecule has 25 heavy (non-hydrogen) atoms. The fourth-order valence-corrected chi connectivity index (χ4v) is 4.29. The third-order valence-corrected chi connectivity index (χ3v) is 6.09. The van der Waals surface area contributed by atoms with Gasteiger partial charge in [0.1, 0.15) is 0 Å². The van der Waals surface area contributed by atoms with Crippen LogP contribution in [0, 0.1) is 0 Å². The fourth-order valence-electron chi connectivity index (χ4n) is 3.31. The largest absolute Gasteiger partial charge is 0.355 e. The molecule has 5 nitrogen and oxygen atoms in total. The van der Waals surface area contributed by atoms with E-state index in [0.717, 1.165) is 30.0 Å². The minimum absolute atomic E-state index is 0.578. The zero-order chi connectivity index (χ0) is 17.9. The molecule has 2 atom stereocenters. The summed E-state index contributed by atoms with van der Waals surface area (Å²) in [6.07, 6.45) is 5.24. The number of hydrogen-bond acceptors (Lipinski definition) is 3. The monoisotopic (exact) mass is 364 g/mol. The Morgan fingerprint density at radius 3 is 2.72 bits per heavy atom. The summed E-state index contributed by atoms with van der Waals surface area (Å²) in [6, 6.07) is 10.3. The lowest BCUT2D eigenvalue weighted by Gasteiger charge is -2.35. The van der Waals surface area contributed by atoms with Crippen LogP contribution in [0.25, 0.3) is 0 Å². The van der Waals surface area contributed by atoms with Crippen LogP contribution in [-0.4, -0.2) is 60.1 Å². The van der Waals surface area contributed by atoms with E-state index in [0.29, 0.717) is 12.3 Å². The Hall–Kier alpha value is -1.40. The van der Waals surface area contributed by atoms with Crippen LogP contribution in [0.5, 0.6) is 0 Å². The van der Waals surface area contributed by atoms with Crippen LogP contribution < -0.4 is 10.6 Å². The highest BCUT2D eigenvalue weighted by molar-refractivity contribution is 7.85. The summed E-state index contributed by atoms with van der Waals surface area (Å²) < 4.78 is 12.2. The third-order valence-electron chi connectivity index (χ3n) is 4.72. The van der Waals surface area contributed by atoms with Crippen molar-refractivity contribution < 1.29 is 4.21 Å². The molecular formula is C19H32N4OS. The quantitative estimate of drug-likeness (QED) is 0.549. The summed E-state index contributed by atoms with van der Waals surface area (Å²) in [6.45, 7) is 6.07. The molecular weight excluding hydrogens is 332 g/mol. The number of rotatable bonds is 8. The van der Waals surface area contributed by atoms with Gasteiger partial charge >= 0.3 is 0 Å². The molecule has 0 saturated carbocycles. The first-order valence-corrected chi connectivity index (χ1v) is 10.7. The average Bonchev–Trinajstić information content (AvgIpc) is 2.67. The number of benzene rings is 1. The van der Waals surface area contributed by atoms with Crippen molar-refractivity contribution in [2.45, 2.75) is 43.5 Å². The van der Waals surface area contributed by atoms with Crippen molar-refractivity contribution in [3.05, 3.63) is 30.3 Å². The molecule has 1 fully saturated rings. The summed E-state index contributed by atoms with van der Waals surface area (Å²) in [4.78, 5) is 7.73. The molecule has 0 spiro atoms. The maximum absolute atomic E-state index is 12.2. The van der Waals surface area contributed by atoms with Gasteiger partial charge in [-0.05, 0) is 37.9 Å². The van der Waals surface area contributed by atoms with E-state index in [1.165, 1.54) is 32.2 Å². The number of nitrogens with one attached hydrogen (secondary N) is 2. The molecule has 1 heterocycles. The van der Waals surface area contributed by atoms with Crippen LogP contribution in [0.3, 0.4) is 0 Å². The minimum Gasteiger partial charge on any atom is -0.355 e. The molecule has 0 bridgehead atoms. The zero-order valence-corrected chi connectivity index (χ0v) is 16.4. The molecule has 1 saturated heterocycles. The van der Waals surface area contributed by atoms with Gasteiger partial charge in [0.15, 0.2) is 5.96 Å². The summed E-state index contributed by atoms with van der Waals surface area (Å²) in [5.41, 5.74) is 0. The number of aliphatic imine (C=N–C) groups is 1. The molecule has 0 aliphatic carbocycles. The Balaban J connectivity index is 1.66. The molecule has 2 rings (SSSR count). The fraction of sp³-hybridized carbons (Fsp3) is 0.632. The van der Waals surface area contributed by atoms with Crippen LogP contribution >= 0.6 is 0 Å². The normalized spacial score (nSPS) is 20.2. The number of piperidine rings is 1. The third kappa shape index (κ3) is 6.78. The van der Waals surface area contributed by atoms with Crippen LogP contribution in [0.4, 0.5) is 0 Å². The first kappa shape index (κ1) is 19.9. The van der Waals surface area contributed by atoms with Crippen LogP contribution in [-0.2, 0) is 10.8 Å². The number of nitrogens with zero attached hydrogens (tertiary/aromatic N) is 2. The van der Waals surface area contributed by atoms with Crippen molar-refractivity contribution in [1.29, 1.82) is 0 Å². The molecule has 1 aliphatic rings. The van der Waals surface area contributed by atoms with E-state index in [1.807, 2.05) is 30.3 Å². The highest BCUT2D eigenvalue weighted by Crippen LogP contribution is 2.18. The molecule has 0 radical (unpaired) electrons. The predicted octanol–water partition coefficient (Wildman–Crippen LogP) is 2.22. The van der Waals surface area contributed by atoms with Crippen molar-refractivity contribution in [3.63, 3.8) is 0 Å². The minimum atomic E-state index is -0.971. The smallest absolute Gasteiger partial charge is 0.191 e. The zero-order valence-electron chi connectivity index (χ0n) is 15.5. The maximum atomic E-state index is 12.2. The van der Waals surface area contributed by atoms with Gasteiger partial charge in [0.05, 0.1) is 10.8 Å². The first-order valence-electron chi connectivity index (χ1n) is 9.36. The number of likely N-dealkylation sites (tertiary alicyclic amines) is 1. The van der Waals surface area contributed by atoms with Gasteiger partial charge in [0.25, 0.3) is 0 Å². The summed E-state index contributed by atoms with van der Waals surface area (Å²) in [7, 11) is 0.806. The van der Waals surface area contributed by atoms with Crippen molar-refractivity contribution in [2.24, 2.45) is 4.99 Å².